The van der Waals surface area contributed by atoms with Gasteiger partial charge in [-0.2, -0.15) is 0 Å². The van der Waals surface area contributed by atoms with Crippen molar-refractivity contribution in [3.8, 4) is 11.5 Å². The van der Waals surface area contributed by atoms with E-state index in [0.717, 1.165) is 17.1 Å². The van der Waals surface area contributed by atoms with E-state index in [-0.39, 0.29) is 0 Å². The lowest BCUT2D eigenvalue weighted by atomic mass is 10.2. The summed E-state index contributed by atoms with van der Waals surface area (Å²) in [5, 5.41) is 0. The summed E-state index contributed by atoms with van der Waals surface area (Å²) in [6.45, 7) is 10.0. The Labute approximate surface area is 111 Å². The van der Waals surface area contributed by atoms with Gasteiger partial charge < -0.3 is 4.74 Å². The van der Waals surface area contributed by atoms with Gasteiger partial charge in [-0.3, -0.25) is 0 Å². The average molecular weight is 244 g/mol. The number of benzene rings is 2. The van der Waals surface area contributed by atoms with Gasteiger partial charge in [-0.1, -0.05) is 64.1 Å². The molecule has 2 aromatic rings. The maximum Gasteiger partial charge on any atom is 0.130 e. The molecule has 0 heterocycles. The molecule has 0 saturated carbocycles. The van der Waals surface area contributed by atoms with Crippen LogP contribution in [0.1, 0.15) is 33.3 Å². The molecule has 0 amide bonds. The maximum absolute atomic E-state index is 5.71. The minimum atomic E-state index is 0.877. The van der Waals surface area contributed by atoms with Crippen LogP contribution in [0.4, 0.5) is 0 Å². The Morgan fingerprint density at radius 2 is 1.17 bits per heavy atom. The summed E-state index contributed by atoms with van der Waals surface area (Å²) in [5.74, 6) is 1.79. The second-order valence-corrected chi connectivity index (χ2v) is 3.18. The van der Waals surface area contributed by atoms with Crippen LogP contribution < -0.4 is 4.74 Å². The Bertz CT molecular complexity index is 407. The Hall–Kier alpha value is -1.76. The van der Waals surface area contributed by atoms with Crippen molar-refractivity contribution in [3.05, 3.63) is 60.2 Å². The van der Waals surface area contributed by atoms with Gasteiger partial charge in [0.15, 0.2) is 0 Å². The summed E-state index contributed by atoms with van der Waals surface area (Å²) in [4.78, 5) is 0. The fraction of sp³-hybridized carbons (Fsp3) is 0.294. The molecule has 0 radical (unpaired) electrons. The molecule has 0 N–H and O–H groups in total. The van der Waals surface area contributed by atoms with Crippen LogP contribution in [-0.2, 0) is 0 Å². The molecule has 18 heavy (non-hydrogen) atoms. The van der Waals surface area contributed by atoms with E-state index >= 15 is 0 Å². The highest BCUT2D eigenvalue weighted by atomic mass is 16.5. The predicted molar refractivity (Wildman–Crippen MR) is 80.4 cm³/mol. The molecule has 0 bridgehead atoms. The molecule has 0 spiro atoms. The number of hydrogen-bond acceptors (Lipinski definition) is 1. The van der Waals surface area contributed by atoms with Crippen LogP contribution >= 0.6 is 0 Å². The average Bonchev–Trinajstić information content (AvgIpc) is 2.47. The lowest BCUT2D eigenvalue weighted by Crippen LogP contribution is -1.85. The summed E-state index contributed by atoms with van der Waals surface area (Å²) < 4.78 is 5.71. The van der Waals surface area contributed by atoms with E-state index in [1.807, 2.05) is 89.2 Å². The first-order valence-electron chi connectivity index (χ1n) is 6.65. The molecular weight excluding hydrogens is 220 g/mol. The van der Waals surface area contributed by atoms with Gasteiger partial charge in [0.05, 0.1) is 0 Å². The topological polar surface area (TPSA) is 9.23 Å². The van der Waals surface area contributed by atoms with Crippen LogP contribution in [0.2, 0.25) is 0 Å². The molecule has 1 heteroatoms. The van der Waals surface area contributed by atoms with E-state index in [1.165, 1.54) is 0 Å². The Balaban J connectivity index is 0.000000659. The van der Waals surface area contributed by atoms with Gasteiger partial charge >= 0.3 is 0 Å². The van der Waals surface area contributed by atoms with Gasteiger partial charge in [0.2, 0.25) is 0 Å². The number of rotatable bonds is 2. The molecule has 98 valence electrons. The molecular formula is C17H24O. The minimum Gasteiger partial charge on any atom is -0.457 e. The monoisotopic (exact) mass is 244 g/mol. The van der Waals surface area contributed by atoms with Gasteiger partial charge in [-0.05, 0) is 30.7 Å². The molecule has 0 fully saturated rings. The smallest absolute Gasteiger partial charge is 0.130 e. The van der Waals surface area contributed by atoms with Crippen molar-refractivity contribution in [2.45, 2.75) is 34.6 Å². The van der Waals surface area contributed by atoms with Crippen LogP contribution in [0.5, 0.6) is 11.5 Å². The zero-order valence-electron chi connectivity index (χ0n) is 12.1. The van der Waals surface area contributed by atoms with Crippen molar-refractivity contribution < 1.29 is 4.74 Å². The third kappa shape index (κ3) is 5.53. The molecule has 0 aliphatic carbocycles. The SMILES string of the molecule is CC.CC.Cc1ccccc1Oc1ccccc1. The van der Waals surface area contributed by atoms with Gasteiger partial charge in [0.1, 0.15) is 11.5 Å². The molecule has 0 aliphatic rings. The molecule has 0 unspecified atom stereocenters. The second kappa shape index (κ2) is 10.4. The molecule has 1 nitrogen and oxygen atoms in total. The largest absolute Gasteiger partial charge is 0.457 e. The zero-order chi connectivity index (χ0) is 13.8. The normalized spacial score (nSPS) is 8.28. The molecule has 2 aromatic carbocycles. The van der Waals surface area contributed by atoms with Crippen molar-refractivity contribution in [2.75, 3.05) is 0 Å². The van der Waals surface area contributed by atoms with E-state index in [0.29, 0.717) is 0 Å². The lowest BCUT2D eigenvalue weighted by Gasteiger charge is -2.07. The maximum atomic E-state index is 5.71. The molecule has 2 rings (SSSR count). The Kier molecular flexibility index (Phi) is 9.38. The van der Waals surface area contributed by atoms with E-state index in [1.54, 1.807) is 0 Å². The van der Waals surface area contributed by atoms with E-state index in [4.69, 9.17) is 4.74 Å². The fourth-order valence-electron chi connectivity index (χ4n) is 1.29. The lowest BCUT2D eigenvalue weighted by molar-refractivity contribution is 0.479. The van der Waals surface area contributed by atoms with Crippen LogP contribution in [-0.4, -0.2) is 0 Å². The summed E-state index contributed by atoms with van der Waals surface area (Å²) in [5.41, 5.74) is 1.15. The van der Waals surface area contributed by atoms with Crippen LogP contribution in [0.25, 0.3) is 0 Å². The molecule has 0 aromatic heterocycles. The number of aryl methyl sites for hydroxylation is 1. The highest BCUT2D eigenvalue weighted by molar-refractivity contribution is 5.36. The first-order chi connectivity index (χ1) is 8.86. The first kappa shape index (κ1) is 16.2. The van der Waals surface area contributed by atoms with Gasteiger partial charge in [0.25, 0.3) is 0 Å². The van der Waals surface area contributed by atoms with Crippen molar-refractivity contribution in [1.82, 2.24) is 0 Å². The third-order valence-electron chi connectivity index (χ3n) is 2.06. The Morgan fingerprint density at radius 1 is 0.667 bits per heavy atom. The minimum absolute atomic E-state index is 0.877. The molecule has 0 atom stereocenters. The summed E-state index contributed by atoms with van der Waals surface area (Å²) >= 11 is 0. The van der Waals surface area contributed by atoms with Gasteiger partial charge in [-0.25, -0.2) is 0 Å². The van der Waals surface area contributed by atoms with Crippen molar-refractivity contribution in [3.63, 3.8) is 0 Å². The van der Waals surface area contributed by atoms with Crippen molar-refractivity contribution in [2.24, 2.45) is 0 Å². The number of hydrogen-bond donors (Lipinski definition) is 0. The summed E-state index contributed by atoms with van der Waals surface area (Å²) in [7, 11) is 0. The molecule has 0 aliphatic heterocycles. The third-order valence-corrected chi connectivity index (χ3v) is 2.06. The van der Waals surface area contributed by atoms with E-state index < -0.39 is 0 Å². The Morgan fingerprint density at radius 3 is 1.72 bits per heavy atom. The fourth-order valence-corrected chi connectivity index (χ4v) is 1.29. The van der Waals surface area contributed by atoms with E-state index in [2.05, 4.69) is 0 Å². The highest BCUT2D eigenvalue weighted by Gasteiger charge is 1.98. The van der Waals surface area contributed by atoms with Crippen LogP contribution in [0.3, 0.4) is 0 Å². The van der Waals surface area contributed by atoms with Crippen molar-refractivity contribution in [1.29, 1.82) is 0 Å². The van der Waals surface area contributed by atoms with Gasteiger partial charge in [-0.15, -0.1) is 0 Å². The standard InChI is InChI=1S/C13H12O.2C2H6/c1-11-7-5-6-10-13(11)14-12-8-3-2-4-9-12;2*1-2/h2-10H,1H3;2*1-2H3. The van der Waals surface area contributed by atoms with E-state index in [9.17, 15) is 0 Å². The summed E-state index contributed by atoms with van der Waals surface area (Å²) in [6.07, 6.45) is 0. The summed E-state index contributed by atoms with van der Waals surface area (Å²) in [6, 6.07) is 17.8. The highest BCUT2D eigenvalue weighted by Crippen LogP contribution is 2.23. The number of para-hydroxylation sites is 2. The predicted octanol–water partition coefficient (Wildman–Crippen LogP) is 5.84. The van der Waals surface area contributed by atoms with Crippen molar-refractivity contribution >= 4 is 0 Å². The quantitative estimate of drug-likeness (QED) is 0.644. The zero-order valence-corrected chi connectivity index (χ0v) is 12.1. The van der Waals surface area contributed by atoms with Gasteiger partial charge in [0, 0.05) is 0 Å². The second-order valence-electron chi connectivity index (χ2n) is 3.18. The number of ether oxygens (including phenoxy) is 1. The molecule has 0 saturated heterocycles. The first-order valence-corrected chi connectivity index (χ1v) is 6.65. The van der Waals surface area contributed by atoms with Crippen LogP contribution in [0, 0.1) is 6.92 Å². The van der Waals surface area contributed by atoms with Crippen LogP contribution in [0.15, 0.2) is 54.6 Å².